The molecule has 0 aliphatic heterocycles. The molecule has 0 amide bonds. The molecule has 19 heavy (non-hydrogen) atoms. The zero-order chi connectivity index (χ0) is 13.8. The summed E-state index contributed by atoms with van der Waals surface area (Å²) < 4.78 is 0. The van der Waals surface area contributed by atoms with Crippen molar-refractivity contribution < 1.29 is 0 Å². The first-order valence-corrected chi connectivity index (χ1v) is 7.51. The van der Waals surface area contributed by atoms with Crippen LogP contribution in [0.3, 0.4) is 0 Å². The summed E-state index contributed by atoms with van der Waals surface area (Å²) in [5, 5.41) is 3.64. The molecule has 1 aromatic carbocycles. The Morgan fingerprint density at radius 2 is 1.89 bits per heavy atom. The van der Waals surface area contributed by atoms with Crippen LogP contribution in [0.1, 0.15) is 39.9 Å². The zero-order valence-electron chi connectivity index (χ0n) is 11.8. The molecule has 2 rings (SSSR count). The first-order chi connectivity index (χ1) is 9.11. The van der Waals surface area contributed by atoms with E-state index in [4.69, 9.17) is 5.73 Å². The highest BCUT2D eigenvalue weighted by molar-refractivity contribution is 7.12. The third kappa shape index (κ3) is 3.44. The molecular weight excluding hydrogens is 252 g/mol. The highest BCUT2D eigenvalue weighted by Crippen LogP contribution is 2.27. The van der Waals surface area contributed by atoms with Gasteiger partial charge in [0.2, 0.25) is 0 Å². The maximum Gasteiger partial charge on any atom is 0.0460 e. The van der Waals surface area contributed by atoms with Gasteiger partial charge in [-0.05, 0) is 38.0 Å². The molecule has 0 saturated carbocycles. The monoisotopic (exact) mass is 274 g/mol. The normalized spacial score (nSPS) is 14.3. The number of aryl methyl sites for hydroxylation is 2. The number of hydrogen-bond acceptors (Lipinski definition) is 3. The van der Waals surface area contributed by atoms with E-state index in [1.54, 1.807) is 0 Å². The molecule has 2 atom stereocenters. The lowest BCUT2D eigenvalue weighted by molar-refractivity contribution is 0.473. The fourth-order valence-electron chi connectivity index (χ4n) is 2.42. The number of hydrogen-bond donors (Lipinski definition) is 2. The van der Waals surface area contributed by atoms with Crippen molar-refractivity contribution in [2.24, 2.45) is 5.73 Å². The number of nitrogens with two attached hydrogens (primary N) is 1. The Morgan fingerprint density at radius 1 is 1.21 bits per heavy atom. The number of nitrogens with one attached hydrogen (secondary N) is 1. The summed E-state index contributed by atoms with van der Waals surface area (Å²) in [5.41, 5.74) is 8.59. The molecule has 0 saturated heterocycles. The maximum absolute atomic E-state index is 5.95. The second-order valence-electron chi connectivity index (χ2n) is 4.96. The molecule has 0 fully saturated rings. The van der Waals surface area contributed by atoms with Crippen molar-refractivity contribution in [1.82, 2.24) is 5.32 Å². The predicted molar refractivity (Wildman–Crippen MR) is 83.6 cm³/mol. The van der Waals surface area contributed by atoms with E-state index in [0.29, 0.717) is 12.6 Å². The Labute approximate surface area is 119 Å². The van der Waals surface area contributed by atoms with Crippen LogP contribution in [0.15, 0.2) is 36.4 Å². The van der Waals surface area contributed by atoms with Crippen LogP contribution in [0.5, 0.6) is 0 Å². The molecule has 2 nitrogen and oxygen atoms in total. The molecule has 102 valence electrons. The molecule has 2 aromatic rings. The minimum Gasteiger partial charge on any atom is -0.329 e. The fraction of sp³-hybridized carbons (Fsp3) is 0.375. The molecule has 3 N–H and O–H groups in total. The van der Waals surface area contributed by atoms with Gasteiger partial charge in [-0.2, -0.15) is 0 Å². The van der Waals surface area contributed by atoms with Crippen molar-refractivity contribution in [2.45, 2.75) is 32.9 Å². The molecule has 0 aliphatic carbocycles. The van der Waals surface area contributed by atoms with Gasteiger partial charge in [-0.3, -0.25) is 0 Å². The molecule has 1 aromatic heterocycles. The first kappa shape index (κ1) is 14.3. The maximum atomic E-state index is 5.95. The molecule has 0 spiro atoms. The Balaban J connectivity index is 2.14. The third-order valence-corrected chi connectivity index (χ3v) is 4.42. The predicted octanol–water partition coefficient (Wildman–Crippen LogP) is 3.72. The molecule has 2 unspecified atom stereocenters. The van der Waals surface area contributed by atoms with Gasteiger partial charge < -0.3 is 11.1 Å². The van der Waals surface area contributed by atoms with Crippen LogP contribution < -0.4 is 11.1 Å². The van der Waals surface area contributed by atoms with Gasteiger partial charge in [0.05, 0.1) is 0 Å². The van der Waals surface area contributed by atoms with E-state index in [2.05, 4.69) is 56.4 Å². The van der Waals surface area contributed by atoms with Crippen molar-refractivity contribution in [3.8, 4) is 0 Å². The van der Waals surface area contributed by atoms with Crippen molar-refractivity contribution in [3.05, 3.63) is 57.3 Å². The van der Waals surface area contributed by atoms with Gasteiger partial charge in [-0.15, -0.1) is 11.3 Å². The van der Waals surface area contributed by atoms with Crippen molar-refractivity contribution in [1.29, 1.82) is 0 Å². The van der Waals surface area contributed by atoms with E-state index in [-0.39, 0.29) is 6.04 Å². The highest BCUT2D eigenvalue weighted by atomic mass is 32.1. The Bertz CT molecular complexity index is 519. The minimum absolute atomic E-state index is 0.222. The fourth-order valence-corrected chi connectivity index (χ4v) is 3.41. The third-order valence-electron chi connectivity index (χ3n) is 3.44. The van der Waals surface area contributed by atoms with E-state index in [1.807, 2.05) is 17.4 Å². The summed E-state index contributed by atoms with van der Waals surface area (Å²) >= 11 is 1.84. The minimum atomic E-state index is 0.222. The topological polar surface area (TPSA) is 38.0 Å². The number of thiophene rings is 1. The summed E-state index contributed by atoms with van der Waals surface area (Å²) in [5.74, 6) is 0. The van der Waals surface area contributed by atoms with Gasteiger partial charge in [0.15, 0.2) is 0 Å². The van der Waals surface area contributed by atoms with Crippen molar-refractivity contribution >= 4 is 11.3 Å². The second kappa shape index (κ2) is 6.33. The average Bonchev–Trinajstić information content (AvgIpc) is 2.75. The van der Waals surface area contributed by atoms with E-state index in [1.165, 1.54) is 20.9 Å². The second-order valence-corrected chi connectivity index (χ2v) is 6.42. The lowest BCUT2D eigenvalue weighted by Crippen LogP contribution is -2.30. The summed E-state index contributed by atoms with van der Waals surface area (Å²) in [4.78, 5) is 2.71. The summed E-state index contributed by atoms with van der Waals surface area (Å²) in [6.45, 7) is 7.13. The van der Waals surface area contributed by atoms with Gasteiger partial charge in [0.25, 0.3) is 0 Å². The first-order valence-electron chi connectivity index (χ1n) is 6.69. The molecule has 3 heteroatoms. The number of benzene rings is 1. The molecular formula is C16H22N2S. The lowest BCUT2D eigenvalue weighted by Gasteiger charge is -2.22. The SMILES string of the molecule is Cc1cc(C(CN)NC(C)c2ccccc2)c(C)s1. The average molecular weight is 274 g/mol. The zero-order valence-corrected chi connectivity index (χ0v) is 12.6. The summed E-state index contributed by atoms with van der Waals surface area (Å²) in [6, 6.07) is 13.3. The standard InChI is InChI=1S/C16H22N2S/c1-11-9-15(13(3)19-11)16(10-17)18-12(2)14-7-5-4-6-8-14/h4-9,12,16,18H,10,17H2,1-3H3. The highest BCUT2D eigenvalue weighted by Gasteiger charge is 2.17. The van der Waals surface area contributed by atoms with E-state index in [9.17, 15) is 0 Å². The summed E-state index contributed by atoms with van der Waals surface area (Å²) in [6.07, 6.45) is 0. The van der Waals surface area contributed by atoms with Gasteiger partial charge in [-0.1, -0.05) is 30.3 Å². The van der Waals surface area contributed by atoms with Crippen LogP contribution in [0.2, 0.25) is 0 Å². The molecule has 0 radical (unpaired) electrons. The van der Waals surface area contributed by atoms with Crippen molar-refractivity contribution in [2.75, 3.05) is 6.54 Å². The van der Waals surface area contributed by atoms with Crippen LogP contribution in [0, 0.1) is 13.8 Å². The van der Waals surface area contributed by atoms with E-state index < -0.39 is 0 Å². The quantitative estimate of drug-likeness (QED) is 0.872. The van der Waals surface area contributed by atoms with Crippen molar-refractivity contribution in [3.63, 3.8) is 0 Å². The Morgan fingerprint density at radius 3 is 2.42 bits per heavy atom. The van der Waals surface area contributed by atoms with E-state index in [0.717, 1.165) is 0 Å². The molecule has 1 heterocycles. The Kier molecular flexibility index (Phi) is 4.75. The van der Waals surface area contributed by atoms with Crippen LogP contribution >= 0.6 is 11.3 Å². The number of rotatable bonds is 5. The Hall–Kier alpha value is -1.16. The smallest absolute Gasteiger partial charge is 0.0460 e. The van der Waals surface area contributed by atoms with Crippen LogP contribution in [-0.2, 0) is 0 Å². The molecule has 0 aliphatic rings. The van der Waals surface area contributed by atoms with Gasteiger partial charge >= 0.3 is 0 Å². The van der Waals surface area contributed by atoms with Gasteiger partial charge in [0, 0.05) is 28.4 Å². The largest absolute Gasteiger partial charge is 0.329 e. The van der Waals surface area contributed by atoms with Gasteiger partial charge in [0.1, 0.15) is 0 Å². The van der Waals surface area contributed by atoms with E-state index >= 15 is 0 Å². The lowest BCUT2D eigenvalue weighted by atomic mass is 10.0. The van der Waals surface area contributed by atoms with Crippen LogP contribution in [0.4, 0.5) is 0 Å². The molecule has 0 bridgehead atoms. The van der Waals surface area contributed by atoms with Crippen LogP contribution in [0.25, 0.3) is 0 Å². The summed E-state index contributed by atoms with van der Waals surface area (Å²) in [7, 11) is 0. The van der Waals surface area contributed by atoms with Crippen LogP contribution in [-0.4, -0.2) is 6.54 Å². The van der Waals surface area contributed by atoms with Gasteiger partial charge in [-0.25, -0.2) is 0 Å².